The first-order valence-electron chi connectivity index (χ1n) is 7.28. The van der Waals surface area contributed by atoms with Gasteiger partial charge in [-0.15, -0.1) is 0 Å². The van der Waals surface area contributed by atoms with E-state index in [4.69, 9.17) is 4.74 Å². The quantitative estimate of drug-likeness (QED) is 0.843. The van der Waals surface area contributed by atoms with Crippen molar-refractivity contribution < 1.29 is 9.53 Å². The number of carbonyl (C=O) groups is 1. The molecule has 2 heterocycles. The maximum atomic E-state index is 12.2. The monoisotopic (exact) mass is 331 g/mol. The van der Waals surface area contributed by atoms with Gasteiger partial charge in [0.1, 0.15) is 5.75 Å². The number of thioether (sulfide) groups is 1. The molecule has 0 saturated carbocycles. The van der Waals surface area contributed by atoms with Crippen molar-refractivity contribution in [2.45, 2.75) is 24.2 Å². The number of methoxy groups -OCH3 is 1. The fraction of sp³-hybridized carbons (Fsp3) is 0.312. The normalized spacial score (nSPS) is 16.0. The number of nitrogens with zero attached hydrogens (tertiary/aromatic N) is 2. The minimum absolute atomic E-state index is 0.0925. The Morgan fingerprint density at radius 1 is 1.43 bits per heavy atom. The van der Waals surface area contributed by atoms with Crippen LogP contribution in [0.4, 0.5) is 0 Å². The summed E-state index contributed by atoms with van der Waals surface area (Å²) in [5.41, 5.74) is 0.811. The molecule has 7 heteroatoms. The molecule has 1 N–H and O–H groups in total. The van der Waals surface area contributed by atoms with Crippen molar-refractivity contribution in [2.24, 2.45) is 0 Å². The van der Waals surface area contributed by atoms with Gasteiger partial charge in [0, 0.05) is 36.5 Å². The van der Waals surface area contributed by atoms with E-state index in [1.54, 1.807) is 11.7 Å². The van der Waals surface area contributed by atoms with Crippen LogP contribution in [-0.2, 0) is 11.3 Å². The number of aromatic nitrogens is 2. The highest BCUT2D eigenvalue weighted by atomic mass is 32.2. The number of carbonyl (C=O) groups excluding carboxylic acids is 1. The maximum absolute atomic E-state index is 12.2. The van der Waals surface area contributed by atoms with Gasteiger partial charge in [0.25, 0.3) is 5.56 Å². The van der Waals surface area contributed by atoms with Crippen LogP contribution in [0.1, 0.15) is 18.0 Å². The zero-order valence-corrected chi connectivity index (χ0v) is 13.5. The standard InChI is InChI=1S/C16H17N3O3S/c1-22-13-5-3-2-4-11(13)9-18-14(20)8-12-10-23-16-17-7-6-15(21)19(12)16/h2-7,12H,8-10H2,1H3,(H,18,20)/t12-/m0/s1. The van der Waals surface area contributed by atoms with Gasteiger partial charge in [-0.3, -0.25) is 14.2 Å². The molecule has 2 aromatic rings. The van der Waals surface area contributed by atoms with Crippen molar-refractivity contribution in [3.05, 3.63) is 52.4 Å². The molecular weight excluding hydrogens is 314 g/mol. The summed E-state index contributed by atoms with van der Waals surface area (Å²) in [6, 6.07) is 8.84. The molecule has 0 spiro atoms. The highest BCUT2D eigenvalue weighted by Gasteiger charge is 2.26. The summed E-state index contributed by atoms with van der Waals surface area (Å²) in [5.74, 6) is 1.34. The number of nitrogens with one attached hydrogen (secondary N) is 1. The van der Waals surface area contributed by atoms with Gasteiger partial charge in [-0.25, -0.2) is 4.98 Å². The summed E-state index contributed by atoms with van der Waals surface area (Å²) in [4.78, 5) is 28.3. The summed E-state index contributed by atoms with van der Waals surface area (Å²) in [6.45, 7) is 0.400. The summed E-state index contributed by atoms with van der Waals surface area (Å²) in [6.07, 6.45) is 1.77. The molecule has 1 aromatic heterocycles. The second kappa shape index (κ2) is 6.87. The second-order valence-electron chi connectivity index (χ2n) is 5.19. The zero-order chi connectivity index (χ0) is 16.2. The molecule has 0 unspecified atom stereocenters. The van der Waals surface area contributed by atoms with Gasteiger partial charge < -0.3 is 10.1 Å². The van der Waals surface area contributed by atoms with Crippen LogP contribution in [0.15, 0.2) is 46.5 Å². The second-order valence-corrected chi connectivity index (χ2v) is 6.18. The van der Waals surface area contributed by atoms with Crippen LogP contribution < -0.4 is 15.6 Å². The Bertz CT molecular complexity index is 775. The van der Waals surface area contributed by atoms with Gasteiger partial charge in [0.2, 0.25) is 5.91 Å². The van der Waals surface area contributed by atoms with Crippen LogP contribution in [0.2, 0.25) is 0 Å². The van der Waals surface area contributed by atoms with Crippen LogP contribution in [0.3, 0.4) is 0 Å². The highest BCUT2D eigenvalue weighted by Crippen LogP contribution is 2.31. The smallest absolute Gasteiger partial charge is 0.254 e. The van der Waals surface area contributed by atoms with Crippen molar-refractivity contribution in [1.82, 2.24) is 14.9 Å². The molecule has 3 rings (SSSR count). The predicted molar refractivity (Wildman–Crippen MR) is 87.7 cm³/mol. The van der Waals surface area contributed by atoms with Crippen LogP contribution in [0.5, 0.6) is 5.75 Å². The number of para-hydroxylation sites is 1. The number of ether oxygens (including phenoxy) is 1. The Hall–Kier alpha value is -2.28. The van der Waals surface area contributed by atoms with Gasteiger partial charge in [-0.05, 0) is 6.07 Å². The largest absolute Gasteiger partial charge is 0.496 e. The third-order valence-corrected chi connectivity index (χ3v) is 4.82. The molecule has 1 aliphatic heterocycles. The maximum Gasteiger partial charge on any atom is 0.254 e. The lowest BCUT2D eigenvalue weighted by Crippen LogP contribution is -2.30. The lowest BCUT2D eigenvalue weighted by molar-refractivity contribution is -0.121. The van der Waals surface area contributed by atoms with E-state index < -0.39 is 0 Å². The average Bonchev–Trinajstić information content (AvgIpc) is 2.97. The van der Waals surface area contributed by atoms with Crippen molar-refractivity contribution in [1.29, 1.82) is 0 Å². The van der Waals surface area contributed by atoms with E-state index in [-0.39, 0.29) is 23.9 Å². The van der Waals surface area contributed by atoms with Crippen molar-refractivity contribution in [2.75, 3.05) is 12.9 Å². The van der Waals surface area contributed by atoms with Gasteiger partial charge in [0.15, 0.2) is 5.16 Å². The Morgan fingerprint density at radius 3 is 3.09 bits per heavy atom. The van der Waals surface area contributed by atoms with Crippen LogP contribution in [0, 0.1) is 0 Å². The van der Waals surface area contributed by atoms with E-state index in [1.807, 2.05) is 24.3 Å². The van der Waals surface area contributed by atoms with Crippen molar-refractivity contribution in [3.8, 4) is 5.75 Å². The first-order chi connectivity index (χ1) is 11.2. The Morgan fingerprint density at radius 2 is 2.26 bits per heavy atom. The summed E-state index contributed by atoms with van der Waals surface area (Å²) in [7, 11) is 1.60. The third-order valence-electron chi connectivity index (χ3n) is 3.71. The number of benzene rings is 1. The lowest BCUT2D eigenvalue weighted by atomic mass is 10.2. The van der Waals surface area contributed by atoms with Gasteiger partial charge in [-0.1, -0.05) is 30.0 Å². The third kappa shape index (κ3) is 3.39. The lowest BCUT2D eigenvalue weighted by Gasteiger charge is -2.13. The van der Waals surface area contributed by atoms with Gasteiger partial charge in [0.05, 0.1) is 13.2 Å². The molecule has 1 atom stereocenters. The van der Waals surface area contributed by atoms with E-state index in [2.05, 4.69) is 10.3 Å². The van der Waals surface area contributed by atoms with E-state index in [1.165, 1.54) is 24.0 Å². The number of fused-ring (bicyclic) bond motifs is 1. The topological polar surface area (TPSA) is 73.2 Å². The van der Waals surface area contributed by atoms with Gasteiger partial charge in [-0.2, -0.15) is 0 Å². The summed E-state index contributed by atoms with van der Waals surface area (Å²) in [5, 5.41) is 3.57. The van der Waals surface area contributed by atoms with Gasteiger partial charge >= 0.3 is 0 Å². The van der Waals surface area contributed by atoms with Crippen molar-refractivity contribution in [3.63, 3.8) is 0 Å². The molecule has 120 valence electrons. The van der Waals surface area contributed by atoms with E-state index >= 15 is 0 Å². The highest BCUT2D eigenvalue weighted by molar-refractivity contribution is 7.99. The number of hydrogen-bond donors (Lipinski definition) is 1. The molecule has 1 amide bonds. The van der Waals surface area contributed by atoms with Crippen molar-refractivity contribution >= 4 is 17.7 Å². The number of amides is 1. The van der Waals surface area contributed by atoms with E-state index in [9.17, 15) is 9.59 Å². The van der Waals surface area contributed by atoms with Crippen LogP contribution in [0.25, 0.3) is 0 Å². The first-order valence-corrected chi connectivity index (χ1v) is 8.26. The molecule has 0 saturated heterocycles. The molecule has 1 aromatic carbocycles. The molecule has 0 radical (unpaired) electrons. The Kier molecular flexibility index (Phi) is 4.66. The van der Waals surface area contributed by atoms with E-state index in [0.29, 0.717) is 17.5 Å². The molecular formula is C16H17N3O3S. The predicted octanol–water partition coefficient (Wildman–Crippen LogP) is 1.61. The molecule has 0 fully saturated rings. The summed E-state index contributed by atoms with van der Waals surface area (Å²) < 4.78 is 6.87. The molecule has 23 heavy (non-hydrogen) atoms. The zero-order valence-electron chi connectivity index (χ0n) is 12.7. The Balaban J connectivity index is 1.62. The molecule has 0 bridgehead atoms. The fourth-order valence-corrected chi connectivity index (χ4v) is 3.69. The molecule has 1 aliphatic rings. The molecule has 6 nitrogen and oxygen atoms in total. The first kappa shape index (κ1) is 15.6. The minimum atomic E-state index is -0.145. The van der Waals surface area contributed by atoms with Crippen LogP contribution >= 0.6 is 11.8 Å². The van der Waals surface area contributed by atoms with Crippen LogP contribution in [-0.4, -0.2) is 28.3 Å². The fourth-order valence-electron chi connectivity index (χ4n) is 2.57. The Labute approximate surface area is 137 Å². The number of rotatable bonds is 5. The number of hydrogen-bond acceptors (Lipinski definition) is 5. The SMILES string of the molecule is COc1ccccc1CNC(=O)C[C@H]1CSc2nccc(=O)n21. The van der Waals surface area contributed by atoms with E-state index in [0.717, 1.165) is 11.3 Å². The summed E-state index contributed by atoms with van der Waals surface area (Å²) >= 11 is 1.50. The molecule has 0 aliphatic carbocycles. The average molecular weight is 331 g/mol. The minimum Gasteiger partial charge on any atom is -0.496 e.